The summed E-state index contributed by atoms with van der Waals surface area (Å²) in [5.74, 6) is 0. The van der Waals surface area contributed by atoms with Crippen LogP contribution in [0.5, 0.6) is 0 Å². The molecule has 108 valence electrons. The van der Waals surface area contributed by atoms with Gasteiger partial charge in [-0.05, 0) is 31.2 Å². The molecule has 0 aliphatic heterocycles. The summed E-state index contributed by atoms with van der Waals surface area (Å²) in [7, 11) is -3.27. The van der Waals surface area contributed by atoms with Crippen LogP contribution in [0, 0.1) is 0 Å². The maximum Gasteiger partial charge on any atom is 0.218 e. The first-order chi connectivity index (χ1) is 9.02. The maximum absolute atomic E-state index is 12.4. The predicted octanol–water partition coefficient (Wildman–Crippen LogP) is 1.23. The van der Waals surface area contributed by atoms with Crippen molar-refractivity contribution in [2.45, 2.75) is 32.6 Å². The third kappa shape index (κ3) is 4.56. The van der Waals surface area contributed by atoms with Gasteiger partial charge in [-0.25, -0.2) is 8.42 Å². The number of nitrogens with one attached hydrogen (secondary N) is 1. The van der Waals surface area contributed by atoms with Gasteiger partial charge >= 0.3 is 0 Å². The van der Waals surface area contributed by atoms with Crippen LogP contribution in [0.4, 0.5) is 0 Å². The molecule has 1 heterocycles. The van der Waals surface area contributed by atoms with E-state index in [1.54, 1.807) is 19.3 Å². The molecule has 5 nitrogen and oxygen atoms in total. The molecule has 0 aliphatic rings. The van der Waals surface area contributed by atoms with Gasteiger partial charge in [0, 0.05) is 32.0 Å². The van der Waals surface area contributed by atoms with Crippen molar-refractivity contribution >= 4 is 10.0 Å². The van der Waals surface area contributed by atoms with Gasteiger partial charge in [0.05, 0.1) is 5.25 Å². The molecular weight excluding hydrogens is 262 g/mol. The number of pyridine rings is 1. The van der Waals surface area contributed by atoms with Crippen LogP contribution in [0.3, 0.4) is 0 Å². The lowest BCUT2D eigenvalue weighted by atomic mass is 10.3. The van der Waals surface area contributed by atoms with Gasteiger partial charge in [-0.3, -0.25) is 4.98 Å². The lowest BCUT2D eigenvalue weighted by molar-refractivity contribution is 0.414. The van der Waals surface area contributed by atoms with Gasteiger partial charge in [0.25, 0.3) is 0 Å². The third-order valence-electron chi connectivity index (χ3n) is 3.01. The summed E-state index contributed by atoms with van der Waals surface area (Å²) in [5, 5.41) is 2.66. The second-order valence-corrected chi connectivity index (χ2v) is 6.80. The monoisotopic (exact) mass is 285 g/mol. The lowest BCUT2D eigenvalue weighted by Crippen LogP contribution is -2.41. The Hall–Kier alpha value is -0.980. The minimum atomic E-state index is -3.27. The minimum Gasteiger partial charge on any atom is -0.316 e. The van der Waals surface area contributed by atoms with Crippen molar-refractivity contribution in [2.24, 2.45) is 0 Å². The quantitative estimate of drug-likeness (QED) is 0.780. The Bertz CT molecular complexity index is 462. The Morgan fingerprint density at radius 2 is 1.95 bits per heavy atom. The summed E-state index contributed by atoms with van der Waals surface area (Å²) in [4.78, 5) is 3.94. The van der Waals surface area contributed by atoms with Crippen molar-refractivity contribution in [1.82, 2.24) is 14.6 Å². The third-order valence-corrected chi connectivity index (χ3v) is 5.30. The van der Waals surface area contributed by atoms with Crippen LogP contribution in [0.15, 0.2) is 24.5 Å². The van der Waals surface area contributed by atoms with E-state index in [0.717, 1.165) is 12.1 Å². The zero-order valence-corrected chi connectivity index (χ0v) is 12.7. The average molecular weight is 285 g/mol. The first kappa shape index (κ1) is 16.1. The smallest absolute Gasteiger partial charge is 0.218 e. The molecule has 0 amide bonds. The summed E-state index contributed by atoms with van der Waals surface area (Å²) < 4.78 is 26.4. The van der Waals surface area contributed by atoms with Crippen molar-refractivity contribution < 1.29 is 8.42 Å². The van der Waals surface area contributed by atoms with Crippen molar-refractivity contribution in [3.63, 3.8) is 0 Å². The molecule has 0 saturated carbocycles. The van der Waals surface area contributed by atoms with Crippen LogP contribution in [-0.4, -0.2) is 42.6 Å². The molecule has 1 atom stereocenters. The number of rotatable bonds is 8. The highest BCUT2D eigenvalue weighted by molar-refractivity contribution is 7.89. The normalized spacial score (nSPS) is 13.7. The summed E-state index contributed by atoms with van der Waals surface area (Å²) in [6.45, 7) is 7.70. The fraction of sp³-hybridized carbons (Fsp3) is 0.615. The highest BCUT2D eigenvalue weighted by Gasteiger charge is 2.27. The average Bonchev–Trinajstić information content (AvgIpc) is 2.42. The van der Waals surface area contributed by atoms with E-state index in [0.29, 0.717) is 19.6 Å². The second kappa shape index (κ2) is 7.57. The Labute approximate surface area is 116 Å². The van der Waals surface area contributed by atoms with Crippen LogP contribution in [0.1, 0.15) is 26.3 Å². The molecule has 1 rings (SSSR count). The first-order valence-corrected chi connectivity index (χ1v) is 8.11. The largest absolute Gasteiger partial charge is 0.316 e. The van der Waals surface area contributed by atoms with Crippen LogP contribution in [0.2, 0.25) is 0 Å². The molecular formula is C13H23N3O2S. The fourth-order valence-electron chi connectivity index (χ4n) is 1.78. The van der Waals surface area contributed by atoms with E-state index in [2.05, 4.69) is 10.3 Å². The van der Waals surface area contributed by atoms with Crippen molar-refractivity contribution in [3.8, 4) is 0 Å². The van der Waals surface area contributed by atoms with E-state index in [4.69, 9.17) is 0 Å². The van der Waals surface area contributed by atoms with E-state index in [9.17, 15) is 8.42 Å². The Kier molecular flexibility index (Phi) is 6.41. The van der Waals surface area contributed by atoms with E-state index < -0.39 is 15.3 Å². The van der Waals surface area contributed by atoms with Gasteiger partial charge in [-0.1, -0.05) is 13.8 Å². The SMILES string of the molecule is CCNCC(C)S(=O)(=O)N(CC)Cc1ccncc1. The van der Waals surface area contributed by atoms with E-state index in [-0.39, 0.29) is 0 Å². The summed E-state index contributed by atoms with van der Waals surface area (Å²) >= 11 is 0. The highest BCUT2D eigenvalue weighted by atomic mass is 32.2. The summed E-state index contributed by atoms with van der Waals surface area (Å²) in [6, 6.07) is 3.68. The molecule has 0 bridgehead atoms. The van der Waals surface area contributed by atoms with Crippen LogP contribution >= 0.6 is 0 Å². The molecule has 19 heavy (non-hydrogen) atoms. The zero-order chi connectivity index (χ0) is 14.3. The molecule has 0 fully saturated rings. The standard InChI is InChI=1S/C13H23N3O2S/c1-4-14-10-12(3)19(17,18)16(5-2)11-13-6-8-15-9-7-13/h6-9,12,14H,4-5,10-11H2,1-3H3. The Morgan fingerprint density at radius 1 is 1.32 bits per heavy atom. The number of sulfonamides is 1. The maximum atomic E-state index is 12.4. The van der Waals surface area contributed by atoms with Crippen molar-refractivity contribution in [3.05, 3.63) is 30.1 Å². The Balaban J connectivity index is 2.78. The van der Waals surface area contributed by atoms with Crippen LogP contribution < -0.4 is 5.32 Å². The van der Waals surface area contributed by atoms with E-state index in [1.165, 1.54) is 4.31 Å². The number of aromatic nitrogens is 1. The number of hydrogen-bond donors (Lipinski definition) is 1. The molecule has 0 aromatic carbocycles. The van der Waals surface area contributed by atoms with E-state index in [1.807, 2.05) is 26.0 Å². The molecule has 1 unspecified atom stereocenters. The van der Waals surface area contributed by atoms with Gasteiger partial charge in [-0.2, -0.15) is 4.31 Å². The number of nitrogens with zero attached hydrogens (tertiary/aromatic N) is 2. The highest BCUT2D eigenvalue weighted by Crippen LogP contribution is 2.13. The van der Waals surface area contributed by atoms with E-state index >= 15 is 0 Å². The van der Waals surface area contributed by atoms with Crippen LogP contribution in [-0.2, 0) is 16.6 Å². The molecule has 1 aromatic rings. The molecule has 0 spiro atoms. The molecule has 1 N–H and O–H groups in total. The topological polar surface area (TPSA) is 62.3 Å². The number of hydrogen-bond acceptors (Lipinski definition) is 4. The fourth-order valence-corrected chi connectivity index (χ4v) is 3.31. The van der Waals surface area contributed by atoms with Crippen molar-refractivity contribution in [1.29, 1.82) is 0 Å². The summed E-state index contributed by atoms with van der Waals surface area (Å²) in [5.41, 5.74) is 0.955. The molecule has 0 saturated heterocycles. The van der Waals surface area contributed by atoms with Gasteiger partial charge in [0.1, 0.15) is 0 Å². The lowest BCUT2D eigenvalue weighted by Gasteiger charge is -2.24. The zero-order valence-electron chi connectivity index (χ0n) is 11.8. The predicted molar refractivity (Wildman–Crippen MR) is 77.2 cm³/mol. The molecule has 0 radical (unpaired) electrons. The molecule has 0 aliphatic carbocycles. The van der Waals surface area contributed by atoms with Gasteiger partial charge in [0.2, 0.25) is 10.0 Å². The van der Waals surface area contributed by atoms with Gasteiger partial charge in [0.15, 0.2) is 0 Å². The minimum absolute atomic E-state index is 0.401. The second-order valence-electron chi connectivity index (χ2n) is 4.44. The van der Waals surface area contributed by atoms with Gasteiger partial charge < -0.3 is 5.32 Å². The Morgan fingerprint density at radius 3 is 2.47 bits per heavy atom. The van der Waals surface area contributed by atoms with Gasteiger partial charge in [-0.15, -0.1) is 0 Å². The first-order valence-electron chi connectivity index (χ1n) is 6.60. The van der Waals surface area contributed by atoms with Crippen molar-refractivity contribution in [2.75, 3.05) is 19.6 Å². The van der Waals surface area contributed by atoms with Crippen LogP contribution in [0.25, 0.3) is 0 Å². The summed E-state index contributed by atoms with van der Waals surface area (Å²) in [6.07, 6.45) is 3.36. The molecule has 6 heteroatoms. The molecule has 1 aromatic heterocycles.